The number of rotatable bonds is 4. The summed E-state index contributed by atoms with van der Waals surface area (Å²) < 4.78 is 45.4. The van der Waals surface area contributed by atoms with Crippen LogP contribution in [0.2, 0.25) is 5.02 Å². The van der Waals surface area contributed by atoms with E-state index in [0.717, 1.165) is 12.1 Å². The molecule has 2 aromatic carbocycles. The Labute approximate surface area is 118 Å². The van der Waals surface area contributed by atoms with Crippen molar-refractivity contribution >= 4 is 11.6 Å². The average molecular weight is 303 g/mol. The molecule has 2 nitrogen and oxygen atoms in total. The molecule has 0 saturated carbocycles. The highest BCUT2D eigenvalue weighted by Crippen LogP contribution is 2.26. The highest BCUT2D eigenvalue weighted by molar-refractivity contribution is 6.31. The van der Waals surface area contributed by atoms with Crippen LogP contribution < -0.4 is 4.74 Å². The lowest BCUT2D eigenvalue weighted by molar-refractivity contribution is 0.266. The van der Waals surface area contributed by atoms with Gasteiger partial charge in [-0.05, 0) is 23.8 Å². The topological polar surface area (TPSA) is 29.5 Å². The number of hydrogen-bond donors (Lipinski definition) is 1. The van der Waals surface area contributed by atoms with Gasteiger partial charge in [0.2, 0.25) is 0 Å². The first kappa shape index (κ1) is 14.7. The SMILES string of the molecule is OCc1cc(F)c(OCc2cccc(F)c2Cl)c(F)c1. The van der Waals surface area contributed by atoms with Crippen LogP contribution in [0, 0.1) is 17.5 Å². The van der Waals surface area contributed by atoms with Crippen LogP contribution in [0.25, 0.3) is 0 Å². The van der Waals surface area contributed by atoms with Crippen LogP contribution >= 0.6 is 11.6 Å². The van der Waals surface area contributed by atoms with Crippen molar-refractivity contribution in [3.05, 3.63) is 63.9 Å². The fourth-order valence-electron chi connectivity index (χ4n) is 1.65. The summed E-state index contributed by atoms with van der Waals surface area (Å²) in [6, 6.07) is 6.00. The zero-order valence-electron chi connectivity index (χ0n) is 10.2. The Morgan fingerprint density at radius 1 is 1.05 bits per heavy atom. The molecule has 0 heterocycles. The molecule has 0 radical (unpaired) electrons. The summed E-state index contributed by atoms with van der Waals surface area (Å²) in [4.78, 5) is 0. The number of aliphatic hydroxyl groups excluding tert-OH is 1. The predicted octanol–water partition coefficient (Wildman–Crippen LogP) is 3.83. The minimum absolute atomic E-state index is 0.0936. The molecule has 2 aromatic rings. The molecule has 0 aliphatic heterocycles. The predicted molar refractivity (Wildman–Crippen MR) is 68.0 cm³/mol. The van der Waals surface area contributed by atoms with Crippen LogP contribution in [-0.4, -0.2) is 5.11 Å². The van der Waals surface area contributed by atoms with Crippen molar-refractivity contribution in [2.75, 3.05) is 0 Å². The van der Waals surface area contributed by atoms with E-state index < -0.39 is 29.8 Å². The molecular weight excluding hydrogens is 293 g/mol. The van der Waals surface area contributed by atoms with Crippen molar-refractivity contribution in [1.82, 2.24) is 0 Å². The van der Waals surface area contributed by atoms with E-state index in [1.54, 1.807) is 0 Å². The average Bonchev–Trinajstić information content (AvgIpc) is 2.42. The monoisotopic (exact) mass is 302 g/mol. The zero-order valence-corrected chi connectivity index (χ0v) is 10.9. The van der Waals surface area contributed by atoms with E-state index in [9.17, 15) is 13.2 Å². The molecule has 106 valence electrons. The minimum atomic E-state index is -0.943. The number of halogens is 4. The molecule has 0 aliphatic carbocycles. The maximum atomic E-state index is 13.6. The highest BCUT2D eigenvalue weighted by Gasteiger charge is 2.14. The van der Waals surface area contributed by atoms with Crippen molar-refractivity contribution in [3.63, 3.8) is 0 Å². The van der Waals surface area contributed by atoms with E-state index in [1.165, 1.54) is 18.2 Å². The Morgan fingerprint density at radius 3 is 2.30 bits per heavy atom. The molecule has 0 unspecified atom stereocenters. The van der Waals surface area contributed by atoms with Crippen molar-refractivity contribution in [3.8, 4) is 5.75 Å². The Bertz CT molecular complexity index is 609. The van der Waals surface area contributed by atoms with Crippen molar-refractivity contribution in [1.29, 1.82) is 0 Å². The molecule has 1 N–H and O–H groups in total. The van der Waals surface area contributed by atoms with Crippen molar-refractivity contribution in [2.45, 2.75) is 13.2 Å². The molecule has 0 amide bonds. The molecule has 6 heteroatoms. The van der Waals surface area contributed by atoms with Crippen molar-refractivity contribution < 1.29 is 23.0 Å². The van der Waals surface area contributed by atoms with Gasteiger partial charge in [0.25, 0.3) is 0 Å². The number of benzene rings is 2. The quantitative estimate of drug-likeness (QED) is 0.930. The maximum Gasteiger partial charge on any atom is 0.191 e. The summed E-state index contributed by atoms with van der Waals surface area (Å²) in [5.74, 6) is -3.12. The first-order valence-corrected chi connectivity index (χ1v) is 6.05. The van der Waals surface area contributed by atoms with Gasteiger partial charge in [0, 0.05) is 5.56 Å². The molecule has 0 aliphatic rings. The molecule has 20 heavy (non-hydrogen) atoms. The molecule has 0 atom stereocenters. The van der Waals surface area contributed by atoms with Crippen molar-refractivity contribution in [2.24, 2.45) is 0 Å². The number of hydrogen-bond acceptors (Lipinski definition) is 2. The van der Waals surface area contributed by atoms with Gasteiger partial charge in [-0.2, -0.15) is 0 Å². The van der Waals surface area contributed by atoms with Crippen LogP contribution in [0.3, 0.4) is 0 Å². The summed E-state index contributed by atoms with van der Waals surface area (Å²) in [5, 5.41) is 8.67. The Morgan fingerprint density at radius 2 is 1.70 bits per heavy atom. The summed E-state index contributed by atoms with van der Waals surface area (Å²) >= 11 is 5.71. The first-order valence-electron chi connectivity index (χ1n) is 5.67. The Hall–Kier alpha value is -1.72. The minimum Gasteiger partial charge on any atom is -0.483 e. The van der Waals surface area contributed by atoms with Gasteiger partial charge in [-0.25, -0.2) is 13.2 Å². The molecule has 2 rings (SSSR count). The van der Waals surface area contributed by atoms with Gasteiger partial charge >= 0.3 is 0 Å². The van der Waals surface area contributed by atoms with Gasteiger partial charge in [-0.3, -0.25) is 0 Å². The van der Waals surface area contributed by atoms with E-state index in [0.29, 0.717) is 0 Å². The lowest BCUT2D eigenvalue weighted by Gasteiger charge is -2.10. The van der Waals surface area contributed by atoms with E-state index >= 15 is 0 Å². The first-order chi connectivity index (χ1) is 9.52. The van der Waals surface area contributed by atoms with Gasteiger partial charge in [0.1, 0.15) is 12.4 Å². The van der Waals surface area contributed by atoms with Crippen LogP contribution in [-0.2, 0) is 13.2 Å². The third kappa shape index (κ3) is 3.05. The third-order valence-corrected chi connectivity index (χ3v) is 3.07. The van der Waals surface area contributed by atoms with Gasteiger partial charge in [-0.1, -0.05) is 23.7 Å². The van der Waals surface area contributed by atoms with E-state index in [2.05, 4.69) is 0 Å². The second kappa shape index (κ2) is 6.15. The van der Waals surface area contributed by atoms with Crippen LogP contribution in [0.4, 0.5) is 13.2 Å². The van der Waals surface area contributed by atoms with Gasteiger partial charge in [0.05, 0.1) is 11.6 Å². The summed E-state index contributed by atoms with van der Waals surface area (Å²) in [5.41, 5.74) is 0.368. The largest absolute Gasteiger partial charge is 0.483 e. The molecule has 0 bridgehead atoms. The summed E-state index contributed by atoms with van der Waals surface area (Å²) in [6.07, 6.45) is 0. The fraction of sp³-hybridized carbons (Fsp3) is 0.143. The normalized spacial score (nSPS) is 10.7. The van der Waals surface area contributed by atoms with Gasteiger partial charge in [0.15, 0.2) is 17.4 Å². The van der Waals surface area contributed by atoms with E-state index in [4.69, 9.17) is 21.4 Å². The maximum absolute atomic E-state index is 13.6. The third-order valence-electron chi connectivity index (χ3n) is 2.64. The zero-order chi connectivity index (χ0) is 14.7. The van der Waals surface area contributed by atoms with Gasteiger partial charge < -0.3 is 9.84 Å². The lowest BCUT2D eigenvalue weighted by Crippen LogP contribution is -2.02. The number of ether oxygens (including phenoxy) is 1. The smallest absolute Gasteiger partial charge is 0.191 e. The molecule has 0 spiro atoms. The molecular formula is C14H10ClF3O2. The van der Waals surface area contributed by atoms with Crippen LogP contribution in [0.15, 0.2) is 30.3 Å². The molecule has 0 fully saturated rings. The molecule has 0 aromatic heterocycles. The molecule has 0 saturated heterocycles. The summed E-state index contributed by atoms with van der Waals surface area (Å²) in [7, 11) is 0. The van der Waals surface area contributed by atoms with Gasteiger partial charge in [-0.15, -0.1) is 0 Å². The Balaban J connectivity index is 2.21. The van der Waals surface area contributed by atoms with Crippen LogP contribution in [0.1, 0.15) is 11.1 Å². The van der Waals surface area contributed by atoms with E-state index in [1.807, 2.05) is 0 Å². The van der Waals surface area contributed by atoms with Crippen LogP contribution in [0.5, 0.6) is 5.75 Å². The standard InChI is InChI=1S/C14H10ClF3O2/c15-13-9(2-1-3-10(13)16)7-20-14-11(17)4-8(6-19)5-12(14)18/h1-5,19H,6-7H2. The second-order valence-corrected chi connectivity index (χ2v) is 4.43. The second-order valence-electron chi connectivity index (χ2n) is 4.05. The summed E-state index contributed by atoms with van der Waals surface area (Å²) in [6.45, 7) is -0.757. The number of aliphatic hydroxyl groups is 1. The Kier molecular flexibility index (Phi) is 4.52. The van der Waals surface area contributed by atoms with E-state index in [-0.39, 0.29) is 22.8 Å². The fourth-order valence-corrected chi connectivity index (χ4v) is 1.83. The highest BCUT2D eigenvalue weighted by atomic mass is 35.5. The lowest BCUT2D eigenvalue weighted by atomic mass is 10.2.